The largest absolute Gasteiger partial charge is 0.300 e. The van der Waals surface area contributed by atoms with Gasteiger partial charge in [0.2, 0.25) is 0 Å². The molecule has 3 heterocycles. The fraction of sp³-hybridized carbons (Fsp3) is 0.500. The molecular weight excluding hydrogens is 318 g/mol. The predicted molar refractivity (Wildman–Crippen MR) is 70.2 cm³/mol. The molecule has 3 aliphatic rings. The summed E-state index contributed by atoms with van der Waals surface area (Å²) in [5.41, 5.74) is -0.475. The summed E-state index contributed by atoms with van der Waals surface area (Å²) in [5.74, 6) is 0. The number of fused-ring (bicyclic) bond motifs is 2. The van der Waals surface area contributed by atoms with Gasteiger partial charge in [-0.15, -0.1) is 0 Å². The quantitative estimate of drug-likeness (QED) is 0.636. The monoisotopic (exact) mass is 331 g/mol. The Balaban J connectivity index is 2.10. The summed E-state index contributed by atoms with van der Waals surface area (Å²) >= 11 is 0. The van der Waals surface area contributed by atoms with Gasteiger partial charge >= 0.3 is 0 Å². The van der Waals surface area contributed by atoms with Crippen LogP contribution in [0.4, 0.5) is 0 Å². The van der Waals surface area contributed by atoms with Gasteiger partial charge < -0.3 is 0 Å². The Morgan fingerprint density at radius 3 is 2.71 bits per heavy atom. The number of benzene rings is 1. The molecule has 0 aromatic heterocycles. The molecule has 3 bridgehead atoms. The Morgan fingerprint density at radius 1 is 1.10 bits per heavy atom. The van der Waals surface area contributed by atoms with Crippen LogP contribution in [0.2, 0.25) is 0 Å². The van der Waals surface area contributed by atoms with E-state index < -0.39 is 26.0 Å². The van der Waals surface area contributed by atoms with E-state index >= 15 is 0 Å². The summed E-state index contributed by atoms with van der Waals surface area (Å²) in [6, 6.07) is 4.25. The average Bonchev–Trinajstić information content (AvgIpc) is 2.78. The molecule has 4 rings (SSSR count). The minimum Gasteiger partial charge on any atom is -0.268 e. The molecule has 21 heavy (non-hydrogen) atoms. The molecule has 7 nitrogen and oxygen atoms in total. The Morgan fingerprint density at radius 2 is 1.90 bits per heavy atom. The standard InChI is InChI=1S/C12H13NO6S2/c14-20(15)10-3-2-9-6-11(10)21(16,17)19-12(8-18-20)4-1-5-13(12)7-9/h2-3,6H,1,4-5,7-8H2. The maximum Gasteiger partial charge on any atom is 0.300 e. The van der Waals surface area contributed by atoms with Crippen LogP contribution >= 0.6 is 0 Å². The average molecular weight is 331 g/mol. The minimum absolute atomic E-state index is 0.313. The van der Waals surface area contributed by atoms with E-state index in [4.69, 9.17) is 8.37 Å². The maximum absolute atomic E-state index is 12.5. The van der Waals surface area contributed by atoms with Crippen molar-refractivity contribution < 1.29 is 25.2 Å². The molecule has 1 atom stereocenters. The third-order valence-electron chi connectivity index (χ3n) is 4.20. The molecule has 3 aliphatic heterocycles. The van der Waals surface area contributed by atoms with Crippen molar-refractivity contribution in [3.63, 3.8) is 0 Å². The summed E-state index contributed by atoms with van der Waals surface area (Å²) < 4.78 is 60.0. The second kappa shape index (κ2) is 4.05. The SMILES string of the molecule is O=S1(=O)OCC23CCCN2Cc2ccc1c(c2)S(=O)(=O)O3. The van der Waals surface area contributed by atoms with E-state index in [1.165, 1.54) is 12.1 Å². The first kappa shape index (κ1) is 13.6. The number of hydrogen-bond donors (Lipinski definition) is 0. The Hall–Kier alpha value is -1.00. The van der Waals surface area contributed by atoms with Crippen molar-refractivity contribution in [1.29, 1.82) is 0 Å². The van der Waals surface area contributed by atoms with Gasteiger partial charge in [0.1, 0.15) is 16.4 Å². The van der Waals surface area contributed by atoms with E-state index in [0.29, 0.717) is 19.5 Å². The molecule has 1 aromatic carbocycles. The van der Waals surface area contributed by atoms with Crippen LogP contribution in [0.5, 0.6) is 0 Å². The smallest absolute Gasteiger partial charge is 0.268 e. The van der Waals surface area contributed by atoms with E-state index in [2.05, 4.69) is 0 Å². The third kappa shape index (κ3) is 1.88. The summed E-state index contributed by atoms with van der Waals surface area (Å²) in [7, 11) is -8.28. The lowest BCUT2D eigenvalue weighted by molar-refractivity contribution is -0.0874. The summed E-state index contributed by atoms with van der Waals surface area (Å²) in [6.07, 6.45) is 1.14. The number of hydrogen-bond acceptors (Lipinski definition) is 7. The first-order chi connectivity index (χ1) is 9.82. The predicted octanol–water partition coefficient (Wildman–Crippen LogP) is 0.417. The highest BCUT2D eigenvalue weighted by molar-refractivity contribution is 7.90. The normalized spacial score (nSPS) is 33.0. The van der Waals surface area contributed by atoms with Gasteiger partial charge in [0.15, 0.2) is 5.72 Å². The van der Waals surface area contributed by atoms with Gasteiger partial charge in [0.05, 0.1) is 0 Å². The minimum atomic E-state index is -4.16. The van der Waals surface area contributed by atoms with Crippen molar-refractivity contribution in [3.8, 4) is 0 Å². The molecule has 0 radical (unpaired) electrons. The molecule has 9 heteroatoms. The number of rotatable bonds is 0. The summed E-state index contributed by atoms with van der Waals surface area (Å²) in [5, 5.41) is 0. The van der Waals surface area contributed by atoms with Crippen molar-refractivity contribution in [2.45, 2.75) is 34.9 Å². The second-order valence-electron chi connectivity index (χ2n) is 5.51. The highest BCUT2D eigenvalue weighted by Crippen LogP contribution is 2.41. The van der Waals surface area contributed by atoms with Gasteiger partial charge in [-0.1, -0.05) is 6.07 Å². The van der Waals surface area contributed by atoms with Crippen LogP contribution in [0.25, 0.3) is 0 Å². The van der Waals surface area contributed by atoms with E-state index in [1.54, 1.807) is 6.07 Å². The highest BCUT2D eigenvalue weighted by Gasteiger charge is 2.51. The molecular formula is C12H13NO6S2. The Kier molecular flexibility index (Phi) is 2.63. The Bertz CT molecular complexity index is 831. The van der Waals surface area contributed by atoms with Crippen LogP contribution in [0.15, 0.2) is 28.0 Å². The molecule has 1 aromatic rings. The molecule has 0 N–H and O–H groups in total. The molecule has 114 valence electrons. The van der Waals surface area contributed by atoms with Gasteiger partial charge in [-0.05, 0) is 30.5 Å². The van der Waals surface area contributed by atoms with Crippen LogP contribution < -0.4 is 0 Å². The summed E-state index contributed by atoms with van der Waals surface area (Å²) in [4.78, 5) is 1.15. The van der Waals surface area contributed by atoms with Crippen LogP contribution in [0, 0.1) is 0 Å². The zero-order valence-electron chi connectivity index (χ0n) is 11.0. The van der Waals surface area contributed by atoms with Gasteiger partial charge in [0.25, 0.3) is 20.2 Å². The van der Waals surface area contributed by atoms with Crippen LogP contribution in [-0.4, -0.2) is 40.6 Å². The van der Waals surface area contributed by atoms with Crippen molar-refractivity contribution in [2.24, 2.45) is 0 Å². The Labute approximate surface area is 122 Å². The van der Waals surface area contributed by atoms with Crippen LogP contribution in [0.3, 0.4) is 0 Å². The van der Waals surface area contributed by atoms with E-state index in [0.717, 1.165) is 12.0 Å². The lowest BCUT2D eigenvalue weighted by Gasteiger charge is -2.39. The van der Waals surface area contributed by atoms with Gasteiger partial charge in [-0.3, -0.25) is 9.08 Å². The van der Waals surface area contributed by atoms with Crippen LogP contribution in [-0.2, 0) is 35.1 Å². The number of nitrogens with zero attached hydrogens (tertiary/aromatic N) is 1. The zero-order valence-corrected chi connectivity index (χ0v) is 12.6. The van der Waals surface area contributed by atoms with Crippen molar-refractivity contribution in [2.75, 3.05) is 13.2 Å². The zero-order chi connectivity index (χ0) is 14.9. The molecule has 0 aliphatic carbocycles. The third-order valence-corrected chi connectivity index (χ3v) is 7.05. The first-order valence-electron chi connectivity index (χ1n) is 6.56. The van der Waals surface area contributed by atoms with Crippen LogP contribution in [0.1, 0.15) is 18.4 Å². The highest BCUT2D eigenvalue weighted by atomic mass is 32.2. The lowest BCUT2D eigenvalue weighted by atomic mass is 10.1. The lowest BCUT2D eigenvalue weighted by Crippen LogP contribution is -2.52. The molecule has 1 unspecified atom stereocenters. The fourth-order valence-electron chi connectivity index (χ4n) is 3.17. The van der Waals surface area contributed by atoms with Crippen molar-refractivity contribution >= 4 is 20.2 Å². The molecule has 0 saturated carbocycles. The van der Waals surface area contributed by atoms with Crippen molar-refractivity contribution in [3.05, 3.63) is 23.8 Å². The molecule has 1 fully saturated rings. The van der Waals surface area contributed by atoms with E-state index in [-0.39, 0.29) is 16.4 Å². The summed E-state index contributed by atoms with van der Waals surface area (Å²) in [6.45, 7) is 0.828. The van der Waals surface area contributed by atoms with Gasteiger partial charge in [-0.2, -0.15) is 16.8 Å². The first-order valence-corrected chi connectivity index (χ1v) is 9.37. The maximum atomic E-state index is 12.5. The van der Waals surface area contributed by atoms with Crippen molar-refractivity contribution in [1.82, 2.24) is 4.90 Å². The second-order valence-corrected chi connectivity index (χ2v) is 8.60. The topological polar surface area (TPSA) is 90.0 Å². The van der Waals surface area contributed by atoms with E-state index in [1.807, 2.05) is 4.90 Å². The molecule has 1 spiro atoms. The molecule has 1 saturated heterocycles. The van der Waals surface area contributed by atoms with E-state index in [9.17, 15) is 16.8 Å². The molecule has 0 amide bonds. The van der Waals surface area contributed by atoms with Gasteiger partial charge in [-0.25, -0.2) is 4.18 Å². The van der Waals surface area contributed by atoms with Gasteiger partial charge in [0, 0.05) is 13.1 Å². The fourth-order valence-corrected chi connectivity index (χ4v) is 6.13.